The molecule has 0 saturated carbocycles. The van der Waals surface area contributed by atoms with E-state index >= 15 is 0 Å². The van der Waals surface area contributed by atoms with E-state index in [0.29, 0.717) is 0 Å². The molecule has 0 radical (unpaired) electrons. The van der Waals surface area contributed by atoms with Crippen LogP contribution >= 0.6 is 0 Å². The predicted molar refractivity (Wildman–Crippen MR) is 218 cm³/mol. The van der Waals surface area contributed by atoms with Gasteiger partial charge in [0.1, 0.15) is 11.5 Å². The van der Waals surface area contributed by atoms with Crippen LogP contribution in [0, 0.1) is 0 Å². The Balaban J connectivity index is 1.68. The fourth-order valence-electron chi connectivity index (χ4n) is 9.83. The van der Waals surface area contributed by atoms with Crippen molar-refractivity contribution in [2.75, 3.05) is 14.2 Å². The molecule has 0 N–H and O–H groups in total. The van der Waals surface area contributed by atoms with Crippen LogP contribution in [0.15, 0.2) is 72.8 Å². The Morgan fingerprint density at radius 3 is 1.08 bits per heavy atom. The molecule has 5 nitrogen and oxygen atoms in total. The molecule has 3 aromatic heterocycles. The van der Waals surface area contributed by atoms with Gasteiger partial charge in [-0.3, -0.25) is 0 Å². The Hall–Kier alpha value is -5.16. The van der Waals surface area contributed by atoms with Crippen molar-refractivity contribution in [1.29, 1.82) is 0 Å². The van der Waals surface area contributed by atoms with Crippen LogP contribution in [0.1, 0.15) is 59.3 Å². The molecule has 0 bridgehead atoms. The first-order valence-corrected chi connectivity index (χ1v) is 19.1. The third-order valence-electron chi connectivity index (χ3n) is 11.9. The summed E-state index contributed by atoms with van der Waals surface area (Å²) in [5, 5.41) is 15.7. The highest BCUT2D eigenvalue weighted by Gasteiger charge is 2.32. The van der Waals surface area contributed by atoms with E-state index in [1.807, 2.05) is 14.2 Å². The number of methoxy groups -OCH3 is 2. The Morgan fingerprint density at radius 2 is 0.725 bits per heavy atom. The Morgan fingerprint density at radius 1 is 0.392 bits per heavy atom. The number of nitrogens with zero attached hydrogens (tertiary/aromatic N) is 3. The maximum atomic E-state index is 6.39. The van der Waals surface area contributed by atoms with Gasteiger partial charge in [-0.15, -0.1) is 0 Å². The molecule has 0 aliphatic heterocycles. The highest BCUT2D eigenvalue weighted by atomic mass is 16.5. The van der Waals surface area contributed by atoms with Gasteiger partial charge < -0.3 is 23.2 Å². The lowest BCUT2D eigenvalue weighted by Crippen LogP contribution is -2.00. The molecule has 10 aromatic rings. The molecule has 10 rings (SSSR count). The van der Waals surface area contributed by atoms with Crippen molar-refractivity contribution in [2.24, 2.45) is 0 Å². The van der Waals surface area contributed by atoms with E-state index in [1.165, 1.54) is 87.0 Å². The molecule has 51 heavy (non-hydrogen) atoms. The van der Waals surface area contributed by atoms with E-state index in [2.05, 4.69) is 107 Å². The van der Waals surface area contributed by atoms with Crippen molar-refractivity contribution < 1.29 is 9.47 Å². The zero-order chi connectivity index (χ0) is 34.5. The molecular weight excluding hydrogens is 627 g/mol. The standard InChI is InChI=1S/C46H45N3O2/c1-6-9-24-47-31-20-22-33(50-4)37-35(31)39-41-42-40-36-32(21-23-34(51-5)38(36)37)48(25-10-7-2)44(40)28-17-13-15-19-30(28)46(42)49(26-11-8-3)45(41)29-18-14-12-16-27(29)43(39)47/h12-23H,6-11,24-26H2,1-5H3. The number of ether oxygens (including phenoxy) is 2. The number of fused-ring (bicyclic) bond motifs is 7. The average Bonchev–Trinajstić information content (AvgIpc) is 3.80. The molecule has 0 unspecified atom stereocenters. The van der Waals surface area contributed by atoms with Gasteiger partial charge >= 0.3 is 0 Å². The fraction of sp³-hybridized carbons (Fsp3) is 0.304. The maximum absolute atomic E-state index is 6.39. The van der Waals surface area contributed by atoms with Crippen LogP contribution in [0.3, 0.4) is 0 Å². The zero-order valence-electron chi connectivity index (χ0n) is 30.5. The predicted octanol–water partition coefficient (Wildman–Crippen LogP) is 12.8. The highest BCUT2D eigenvalue weighted by Crippen LogP contribution is 2.56. The van der Waals surface area contributed by atoms with Crippen LogP contribution in [-0.4, -0.2) is 27.9 Å². The maximum Gasteiger partial charge on any atom is 0.127 e. The van der Waals surface area contributed by atoms with E-state index in [1.54, 1.807) is 0 Å². The van der Waals surface area contributed by atoms with Gasteiger partial charge in [0.15, 0.2) is 0 Å². The summed E-state index contributed by atoms with van der Waals surface area (Å²) in [5.41, 5.74) is 7.95. The summed E-state index contributed by atoms with van der Waals surface area (Å²) in [6.45, 7) is 9.80. The third kappa shape index (κ3) is 3.82. The lowest BCUT2D eigenvalue weighted by molar-refractivity contribution is 0.416. The van der Waals surface area contributed by atoms with Gasteiger partial charge in [-0.25, -0.2) is 0 Å². The minimum Gasteiger partial charge on any atom is -0.496 e. The number of rotatable bonds is 11. The average molecular weight is 672 g/mol. The molecule has 5 heteroatoms. The summed E-state index contributed by atoms with van der Waals surface area (Å²) < 4.78 is 20.8. The van der Waals surface area contributed by atoms with Gasteiger partial charge in [-0.1, -0.05) is 88.6 Å². The monoisotopic (exact) mass is 671 g/mol. The molecule has 256 valence electrons. The van der Waals surface area contributed by atoms with Gasteiger partial charge in [0.25, 0.3) is 0 Å². The SMILES string of the molecule is CCCCn1c2ccc(OC)c3c4c(OC)ccc5c4c4c6c7c(c32)c1c1ccccc1c7n(CCCC)c6c1ccccc1c4n5CCCC. The molecular formula is C46H45N3O2. The molecule has 0 fully saturated rings. The number of aromatic nitrogens is 3. The van der Waals surface area contributed by atoms with Crippen molar-refractivity contribution in [2.45, 2.75) is 78.9 Å². The second kappa shape index (κ2) is 11.4. The first-order valence-electron chi connectivity index (χ1n) is 19.1. The van der Waals surface area contributed by atoms with Crippen molar-refractivity contribution in [3.63, 3.8) is 0 Å². The number of aryl methyl sites for hydroxylation is 3. The van der Waals surface area contributed by atoms with Gasteiger partial charge in [0, 0.05) is 84.3 Å². The second-order valence-corrected chi connectivity index (χ2v) is 14.6. The van der Waals surface area contributed by atoms with Crippen LogP contribution in [0.2, 0.25) is 0 Å². The van der Waals surface area contributed by atoms with E-state index in [-0.39, 0.29) is 0 Å². The summed E-state index contributed by atoms with van der Waals surface area (Å²) in [4.78, 5) is 0. The topological polar surface area (TPSA) is 33.2 Å². The second-order valence-electron chi connectivity index (χ2n) is 14.6. The minimum atomic E-state index is 0.893. The number of unbranched alkanes of at least 4 members (excludes halogenated alkanes) is 3. The Bertz CT molecular complexity index is 2760. The fourth-order valence-corrected chi connectivity index (χ4v) is 9.83. The quantitative estimate of drug-likeness (QED) is 0.137. The lowest BCUT2D eigenvalue weighted by atomic mass is 9.91. The number of hydrogen-bond acceptors (Lipinski definition) is 2. The van der Waals surface area contributed by atoms with E-state index in [9.17, 15) is 0 Å². The first kappa shape index (κ1) is 30.6. The van der Waals surface area contributed by atoms with Crippen molar-refractivity contribution in [3.05, 3.63) is 72.8 Å². The van der Waals surface area contributed by atoms with Crippen LogP contribution in [0.5, 0.6) is 11.5 Å². The van der Waals surface area contributed by atoms with Gasteiger partial charge in [0.05, 0.1) is 47.3 Å². The van der Waals surface area contributed by atoms with Crippen molar-refractivity contribution in [3.8, 4) is 11.5 Å². The molecule has 0 amide bonds. The molecule has 0 atom stereocenters. The van der Waals surface area contributed by atoms with E-state index < -0.39 is 0 Å². The largest absolute Gasteiger partial charge is 0.496 e. The van der Waals surface area contributed by atoms with Gasteiger partial charge in [-0.05, 0) is 43.5 Å². The zero-order valence-corrected chi connectivity index (χ0v) is 30.5. The molecule has 3 heterocycles. The number of hydrogen-bond donors (Lipinski definition) is 0. The van der Waals surface area contributed by atoms with Gasteiger partial charge in [-0.2, -0.15) is 0 Å². The molecule has 0 spiro atoms. The summed E-state index contributed by atoms with van der Waals surface area (Å²) in [6.07, 6.45) is 6.74. The third-order valence-corrected chi connectivity index (χ3v) is 11.9. The lowest BCUT2D eigenvalue weighted by Gasteiger charge is -2.13. The Labute approximate surface area is 297 Å². The van der Waals surface area contributed by atoms with Crippen molar-refractivity contribution >= 4 is 97.7 Å². The van der Waals surface area contributed by atoms with Crippen molar-refractivity contribution in [1.82, 2.24) is 13.7 Å². The number of benzene rings is 6. The molecule has 7 aromatic carbocycles. The van der Waals surface area contributed by atoms with Crippen LogP contribution in [-0.2, 0) is 19.6 Å². The smallest absolute Gasteiger partial charge is 0.127 e. The normalized spacial score (nSPS) is 12.7. The van der Waals surface area contributed by atoms with Crippen LogP contribution in [0.4, 0.5) is 0 Å². The highest BCUT2D eigenvalue weighted by molar-refractivity contribution is 6.49. The summed E-state index contributed by atoms with van der Waals surface area (Å²) in [7, 11) is 3.65. The minimum absolute atomic E-state index is 0.893. The van der Waals surface area contributed by atoms with E-state index in [0.717, 1.165) is 80.4 Å². The van der Waals surface area contributed by atoms with E-state index in [4.69, 9.17) is 9.47 Å². The first-order chi connectivity index (χ1) is 25.2. The summed E-state index contributed by atoms with van der Waals surface area (Å²) in [6, 6.07) is 27.5. The van der Waals surface area contributed by atoms with Gasteiger partial charge in [0.2, 0.25) is 0 Å². The van der Waals surface area contributed by atoms with Crippen LogP contribution in [0.25, 0.3) is 97.7 Å². The molecule has 0 saturated heterocycles. The summed E-state index contributed by atoms with van der Waals surface area (Å²) >= 11 is 0. The molecule has 0 aliphatic carbocycles. The molecule has 0 aliphatic rings. The Kier molecular flexibility index (Phi) is 6.87. The van der Waals surface area contributed by atoms with Crippen LogP contribution < -0.4 is 9.47 Å². The summed E-state index contributed by atoms with van der Waals surface area (Å²) in [5.74, 6) is 1.79.